The summed E-state index contributed by atoms with van der Waals surface area (Å²) in [5.41, 5.74) is 5.99. The molecule has 1 N–H and O–H groups in total. The molecule has 0 amide bonds. The topological polar surface area (TPSA) is 31.6 Å². The molecule has 1 saturated heterocycles. The van der Waals surface area contributed by atoms with E-state index in [2.05, 4.69) is 45.7 Å². The molecular weight excluding hydrogens is 489 g/mol. The van der Waals surface area contributed by atoms with Crippen LogP contribution in [-0.4, -0.2) is 45.7 Å². The van der Waals surface area contributed by atoms with Gasteiger partial charge in [-0.05, 0) is 53.9 Å². The van der Waals surface area contributed by atoms with Crippen molar-refractivity contribution in [1.29, 1.82) is 0 Å². The maximum absolute atomic E-state index is 9.77. The minimum atomic E-state index is 0.296. The molecule has 0 aliphatic carbocycles. The predicted octanol–water partition coefficient (Wildman–Crippen LogP) is 7.44. The number of phenols is 1. The van der Waals surface area contributed by atoms with Crippen LogP contribution in [0.5, 0.6) is 5.75 Å². The summed E-state index contributed by atoms with van der Waals surface area (Å²) in [4.78, 5) is 4.96. The van der Waals surface area contributed by atoms with E-state index in [-0.39, 0.29) is 0 Å². The second kappa shape index (κ2) is 11.3. The molecule has 0 radical (unpaired) electrons. The lowest BCUT2D eigenvalue weighted by atomic mass is 10.0. The lowest BCUT2D eigenvalue weighted by molar-refractivity contribution is 0.122. The summed E-state index contributed by atoms with van der Waals surface area (Å²) in [6, 6.07) is 20.2. The van der Waals surface area contributed by atoms with Crippen LogP contribution in [0.25, 0.3) is 22.0 Å². The van der Waals surface area contributed by atoms with Gasteiger partial charge in [0.25, 0.3) is 0 Å². The number of aromatic hydroxyl groups is 1. The number of nitrogens with zero attached hydrogens (tertiary/aromatic N) is 3. The fraction of sp³-hybridized carbons (Fsp3) is 0.333. The largest absolute Gasteiger partial charge is 0.508 e. The summed E-state index contributed by atoms with van der Waals surface area (Å²) >= 11 is 12.8. The van der Waals surface area contributed by atoms with Crippen molar-refractivity contribution in [3.05, 3.63) is 88.0 Å². The van der Waals surface area contributed by atoms with E-state index in [0.717, 1.165) is 73.4 Å². The third kappa shape index (κ3) is 5.57. The Morgan fingerprint density at radius 2 is 1.50 bits per heavy atom. The quantitative estimate of drug-likeness (QED) is 0.261. The van der Waals surface area contributed by atoms with Crippen LogP contribution in [0.15, 0.2) is 66.9 Å². The van der Waals surface area contributed by atoms with Gasteiger partial charge in [-0.25, -0.2) is 0 Å². The summed E-state index contributed by atoms with van der Waals surface area (Å²) in [6.07, 6.45) is 4.60. The van der Waals surface area contributed by atoms with Gasteiger partial charge in [-0.15, -0.1) is 0 Å². The maximum Gasteiger partial charge on any atom is 0.115 e. The number of unbranched alkanes of at least 4 members (excludes halogenated alkanes) is 1. The molecule has 5 rings (SSSR count). The van der Waals surface area contributed by atoms with Crippen molar-refractivity contribution in [3.63, 3.8) is 0 Å². The van der Waals surface area contributed by atoms with E-state index in [1.165, 1.54) is 28.5 Å². The van der Waals surface area contributed by atoms with Gasteiger partial charge in [0.15, 0.2) is 0 Å². The first-order valence-corrected chi connectivity index (χ1v) is 13.6. The van der Waals surface area contributed by atoms with Crippen LogP contribution >= 0.6 is 23.2 Å². The van der Waals surface area contributed by atoms with Gasteiger partial charge < -0.3 is 9.67 Å². The summed E-state index contributed by atoms with van der Waals surface area (Å²) in [5.74, 6) is 0.296. The molecule has 0 saturated carbocycles. The van der Waals surface area contributed by atoms with E-state index in [0.29, 0.717) is 5.75 Å². The highest BCUT2D eigenvalue weighted by atomic mass is 35.5. The highest BCUT2D eigenvalue weighted by Crippen LogP contribution is 2.33. The number of aromatic nitrogens is 1. The molecule has 1 aliphatic rings. The number of rotatable bonds is 8. The molecule has 1 aromatic heterocycles. The van der Waals surface area contributed by atoms with E-state index in [9.17, 15) is 5.11 Å². The second-order valence-electron chi connectivity index (χ2n) is 9.74. The van der Waals surface area contributed by atoms with Gasteiger partial charge in [0, 0.05) is 84.1 Å². The molecule has 1 fully saturated rings. The average molecular weight is 523 g/mol. The molecule has 36 heavy (non-hydrogen) atoms. The maximum atomic E-state index is 9.77. The fourth-order valence-electron chi connectivity index (χ4n) is 5.10. The summed E-state index contributed by atoms with van der Waals surface area (Å²) in [7, 11) is 0. The van der Waals surface area contributed by atoms with Crippen molar-refractivity contribution in [2.75, 3.05) is 26.2 Å². The fourth-order valence-corrected chi connectivity index (χ4v) is 5.61. The Morgan fingerprint density at radius 1 is 0.833 bits per heavy atom. The van der Waals surface area contributed by atoms with E-state index < -0.39 is 0 Å². The molecule has 0 atom stereocenters. The molecule has 0 unspecified atom stereocenters. The van der Waals surface area contributed by atoms with E-state index in [4.69, 9.17) is 23.2 Å². The molecule has 1 aliphatic heterocycles. The van der Waals surface area contributed by atoms with Crippen LogP contribution in [-0.2, 0) is 19.6 Å². The third-order valence-corrected chi connectivity index (χ3v) is 7.90. The van der Waals surface area contributed by atoms with Gasteiger partial charge in [-0.1, -0.05) is 60.8 Å². The van der Waals surface area contributed by atoms with E-state index in [1.807, 2.05) is 30.3 Å². The number of halogens is 2. The van der Waals surface area contributed by atoms with Crippen LogP contribution in [0, 0.1) is 0 Å². The second-order valence-corrected chi connectivity index (χ2v) is 10.6. The van der Waals surface area contributed by atoms with Crippen molar-refractivity contribution in [2.24, 2.45) is 0 Å². The van der Waals surface area contributed by atoms with Crippen molar-refractivity contribution in [2.45, 2.75) is 39.4 Å². The Kier molecular flexibility index (Phi) is 7.87. The van der Waals surface area contributed by atoms with E-state index >= 15 is 0 Å². The van der Waals surface area contributed by atoms with Crippen molar-refractivity contribution < 1.29 is 5.11 Å². The van der Waals surface area contributed by atoms with Crippen LogP contribution in [0.3, 0.4) is 0 Å². The van der Waals surface area contributed by atoms with Gasteiger partial charge in [0.1, 0.15) is 5.75 Å². The summed E-state index contributed by atoms with van der Waals surface area (Å²) < 4.78 is 2.38. The Bertz CT molecular complexity index is 1300. The average Bonchev–Trinajstić information content (AvgIpc) is 3.24. The minimum absolute atomic E-state index is 0.296. The van der Waals surface area contributed by atoms with Crippen LogP contribution < -0.4 is 0 Å². The zero-order chi connectivity index (χ0) is 25.1. The molecule has 2 heterocycles. The molecule has 4 aromatic rings. The number of fused-ring (bicyclic) bond motifs is 1. The molecule has 4 nitrogen and oxygen atoms in total. The van der Waals surface area contributed by atoms with Crippen LogP contribution in [0.4, 0.5) is 0 Å². The molecule has 6 heteroatoms. The van der Waals surface area contributed by atoms with Gasteiger partial charge >= 0.3 is 0 Å². The molecular formula is C30H33Cl2N3O. The molecule has 3 aromatic carbocycles. The van der Waals surface area contributed by atoms with Crippen molar-refractivity contribution in [3.8, 4) is 16.9 Å². The lowest BCUT2D eigenvalue weighted by Gasteiger charge is -2.35. The SMILES string of the molecule is CCCCn1cc(-c2ccc(O)cc2)c2cc(CN3CCN(Cc4c(Cl)cccc4Cl)CC3)ccc21. The Morgan fingerprint density at radius 3 is 2.17 bits per heavy atom. The predicted molar refractivity (Wildman–Crippen MR) is 151 cm³/mol. The monoisotopic (exact) mass is 521 g/mol. The third-order valence-electron chi connectivity index (χ3n) is 7.19. The van der Waals surface area contributed by atoms with E-state index in [1.54, 1.807) is 12.1 Å². The van der Waals surface area contributed by atoms with Crippen molar-refractivity contribution in [1.82, 2.24) is 14.4 Å². The molecule has 0 bridgehead atoms. The highest BCUT2D eigenvalue weighted by molar-refractivity contribution is 6.35. The highest BCUT2D eigenvalue weighted by Gasteiger charge is 2.20. The van der Waals surface area contributed by atoms with Gasteiger partial charge in [0.05, 0.1) is 0 Å². The first-order chi connectivity index (χ1) is 17.5. The number of hydrogen-bond donors (Lipinski definition) is 1. The number of hydrogen-bond acceptors (Lipinski definition) is 3. The number of benzene rings is 3. The lowest BCUT2D eigenvalue weighted by Crippen LogP contribution is -2.45. The van der Waals surface area contributed by atoms with Crippen LogP contribution in [0.1, 0.15) is 30.9 Å². The smallest absolute Gasteiger partial charge is 0.115 e. The van der Waals surface area contributed by atoms with Gasteiger partial charge in [-0.3, -0.25) is 9.80 Å². The zero-order valence-corrected chi connectivity index (χ0v) is 22.3. The molecule has 0 spiro atoms. The first-order valence-electron chi connectivity index (χ1n) is 12.8. The number of phenolic OH excluding ortho intramolecular Hbond substituents is 1. The Hall–Kier alpha value is -2.50. The standard InChI is InChI=1S/C30H33Cl2N3O/c1-2-3-13-35-21-26(23-8-10-24(36)11-9-23)25-18-22(7-12-30(25)35)19-33-14-16-34(17-15-33)20-27-28(31)5-4-6-29(27)32/h4-12,18,21,36H,2-3,13-17,19-20H2,1H3. The first kappa shape index (κ1) is 25.2. The zero-order valence-electron chi connectivity index (χ0n) is 20.8. The Balaban J connectivity index is 1.31. The van der Waals surface area contributed by atoms with Crippen LogP contribution in [0.2, 0.25) is 10.0 Å². The number of aryl methyl sites for hydroxylation is 1. The summed E-state index contributed by atoms with van der Waals surface area (Å²) in [5, 5.41) is 12.5. The van der Waals surface area contributed by atoms with Gasteiger partial charge in [0.2, 0.25) is 0 Å². The number of piperazine rings is 1. The molecule has 188 valence electrons. The Labute approximate surface area is 223 Å². The van der Waals surface area contributed by atoms with Crippen molar-refractivity contribution >= 4 is 34.1 Å². The summed E-state index contributed by atoms with van der Waals surface area (Å²) in [6.45, 7) is 9.00. The normalized spacial score (nSPS) is 15.1. The minimum Gasteiger partial charge on any atom is -0.508 e. The van der Waals surface area contributed by atoms with Gasteiger partial charge in [-0.2, -0.15) is 0 Å².